The fourth-order valence-electron chi connectivity index (χ4n) is 3.07. The summed E-state index contributed by atoms with van der Waals surface area (Å²) in [7, 11) is 0. The molecule has 31 heavy (non-hydrogen) atoms. The van der Waals surface area contributed by atoms with Gasteiger partial charge in [-0.05, 0) is 24.3 Å². The quantitative estimate of drug-likeness (QED) is 0.608. The molecule has 0 spiro atoms. The highest BCUT2D eigenvalue weighted by Crippen LogP contribution is 2.33. The Morgan fingerprint density at radius 2 is 1.52 bits per heavy atom. The number of hydrogen-bond donors (Lipinski definition) is 1. The van der Waals surface area contributed by atoms with Crippen molar-refractivity contribution in [3.8, 4) is 6.07 Å². The molecular formula is C21H16N4O6. The lowest BCUT2D eigenvalue weighted by Crippen LogP contribution is -2.39. The summed E-state index contributed by atoms with van der Waals surface area (Å²) in [6, 6.07) is 18.1. The zero-order valence-corrected chi connectivity index (χ0v) is 15.9. The normalized spacial score (nSPS) is 22.5. The maximum Gasteiger partial charge on any atom is 0.338 e. The smallest absolute Gasteiger partial charge is 0.338 e. The van der Waals surface area contributed by atoms with Gasteiger partial charge in [-0.15, -0.1) is 5.10 Å². The van der Waals surface area contributed by atoms with Crippen molar-refractivity contribution in [2.75, 3.05) is 0 Å². The zero-order valence-electron chi connectivity index (χ0n) is 15.9. The number of esters is 2. The van der Waals surface area contributed by atoms with Crippen LogP contribution in [-0.4, -0.2) is 50.3 Å². The molecule has 10 heteroatoms. The van der Waals surface area contributed by atoms with Gasteiger partial charge in [-0.3, -0.25) is 0 Å². The van der Waals surface area contributed by atoms with Gasteiger partial charge in [-0.1, -0.05) is 36.4 Å². The third-order valence-corrected chi connectivity index (χ3v) is 4.54. The highest BCUT2D eigenvalue weighted by molar-refractivity contribution is 5.90. The van der Waals surface area contributed by atoms with Gasteiger partial charge in [0.15, 0.2) is 24.7 Å². The number of nitrogens with zero attached hydrogens (tertiary/aromatic N) is 4. The van der Waals surface area contributed by atoms with Crippen LogP contribution in [0.15, 0.2) is 67.0 Å². The van der Waals surface area contributed by atoms with Gasteiger partial charge in [-0.25, -0.2) is 19.3 Å². The van der Waals surface area contributed by atoms with E-state index in [9.17, 15) is 14.7 Å². The maximum atomic E-state index is 12.6. The molecule has 3 aromatic rings. The van der Waals surface area contributed by atoms with Gasteiger partial charge >= 0.3 is 11.9 Å². The van der Waals surface area contributed by atoms with Crippen LogP contribution in [0.2, 0.25) is 0 Å². The number of aliphatic hydroxyl groups excluding tert-OH is 1. The summed E-state index contributed by atoms with van der Waals surface area (Å²) in [5.41, 5.74) is 0.505. The topological polar surface area (TPSA) is 137 Å². The van der Waals surface area contributed by atoms with E-state index in [1.807, 2.05) is 0 Å². The number of carbonyl (C=O) groups excluding carboxylic acids is 2. The molecule has 10 nitrogen and oxygen atoms in total. The lowest BCUT2D eigenvalue weighted by Gasteiger charge is -2.23. The second-order valence-corrected chi connectivity index (χ2v) is 6.55. The van der Waals surface area contributed by atoms with E-state index >= 15 is 0 Å². The SMILES string of the molecule is N#Cc1ncn([C@@H]2O[C@H](O)[C@@H](OC(=O)c3ccccc3)[C@H]2OC(=O)c2ccccc2)n1. The highest BCUT2D eigenvalue weighted by atomic mass is 16.7. The zero-order chi connectivity index (χ0) is 21.8. The molecule has 156 valence electrons. The predicted octanol–water partition coefficient (Wildman–Crippen LogP) is 1.45. The van der Waals surface area contributed by atoms with Crippen LogP contribution in [0.1, 0.15) is 32.8 Å². The van der Waals surface area contributed by atoms with Crippen molar-refractivity contribution in [2.24, 2.45) is 0 Å². The number of carbonyl (C=O) groups is 2. The summed E-state index contributed by atoms with van der Waals surface area (Å²) in [5.74, 6) is -1.59. The Bertz CT molecular complexity index is 1110. The summed E-state index contributed by atoms with van der Waals surface area (Å²) in [5, 5.41) is 23.3. The van der Waals surface area contributed by atoms with E-state index in [0.717, 1.165) is 4.68 Å². The van der Waals surface area contributed by atoms with Crippen molar-refractivity contribution in [3.63, 3.8) is 0 Å². The Morgan fingerprint density at radius 1 is 0.968 bits per heavy atom. The maximum absolute atomic E-state index is 12.6. The Kier molecular flexibility index (Phi) is 5.70. The van der Waals surface area contributed by atoms with Crippen LogP contribution in [0.3, 0.4) is 0 Å². The number of rotatable bonds is 5. The number of ether oxygens (including phenoxy) is 3. The lowest BCUT2D eigenvalue weighted by molar-refractivity contribution is -0.145. The van der Waals surface area contributed by atoms with E-state index < -0.39 is 36.7 Å². The molecule has 1 fully saturated rings. The Morgan fingerprint density at radius 3 is 2.03 bits per heavy atom. The molecule has 2 heterocycles. The van der Waals surface area contributed by atoms with Crippen LogP contribution in [0.5, 0.6) is 0 Å². The molecule has 4 atom stereocenters. The molecule has 1 N–H and O–H groups in total. The first-order valence-corrected chi connectivity index (χ1v) is 9.23. The second-order valence-electron chi connectivity index (χ2n) is 6.55. The van der Waals surface area contributed by atoms with Crippen molar-refractivity contribution in [2.45, 2.75) is 24.7 Å². The van der Waals surface area contributed by atoms with Crippen LogP contribution >= 0.6 is 0 Å². The van der Waals surface area contributed by atoms with Crippen molar-refractivity contribution in [1.82, 2.24) is 14.8 Å². The fraction of sp³-hybridized carbons (Fsp3) is 0.190. The summed E-state index contributed by atoms with van der Waals surface area (Å²) in [6.45, 7) is 0. The van der Waals surface area contributed by atoms with Crippen LogP contribution in [0.4, 0.5) is 0 Å². The van der Waals surface area contributed by atoms with E-state index in [0.29, 0.717) is 0 Å². The van der Waals surface area contributed by atoms with Crippen LogP contribution in [-0.2, 0) is 14.2 Å². The average molecular weight is 420 g/mol. The minimum Gasteiger partial charge on any atom is -0.450 e. The van der Waals surface area contributed by atoms with E-state index in [2.05, 4.69) is 10.1 Å². The Hall–Kier alpha value is -4.07. The lowest BCUT2D eigenvalue weighted by atomic mass is 10.1. The predicted molar refractivity (Wildman–Crippen MR) is 102 cm³/mol. The van der Waals surface area contributed by atoms with E-state index in [1.54, 1.807) is 66.7 Å². The Labute approximate surface area is 176 Å². The molecule has 1 saturated heterocycles. The number of aliphatic hydroxyl groups is 1. The second kappa shape index (κ2) is 8.74. The molecule has 0 unspecified atom stereocenters. The number of hydrogen-bond acceptors (Lipinski definition) is 9. The van der Waals surface area contributed by atoms with Gasteiger partial charge < -0.3 is 19.3 Å². The molecule has 2 aromatic carbocycles. The first-order valence-electron chi connectivity index (χ1n) is 9.23. The third kappa shape index (κ3) is 4.28. The van der Waals surface area contributed by atoms with Crippen molar-refractivity contribution in [1.29, 1.82) is 5.26 Å². The number of benzene rings is 2. The number of nitriles is 1. The molecule has 1 aromatic heterocycles. The summed E-state index contributed by atoms with van der Waals surface area (Å²) in [6.07, 6.45) is -4.20. The largest absolute Gasteiger partial charge is 0.450 e. The first kappa shape index (κ1) is 20.2. The average Bonchev–Trinajstić information content (AvgIpc) is 3.40. The summed E-state index contributed by atoms with van der Waals surface area (Å²) >= 11 is 0. The third-order valence-electron chi connectivity index (χ3n) is 4.54. The van der Waals surface area contributed by atoms with Crippen molar-refractivity contribution < 1.29 is 28.9 Å². The molecule has 0 saturated carbocycles. The molecule has 1 aliphatic rings. The van der Waals surface area contributed by atoms with Gasteiger partial charge in [0.2, 0.25) is 0 Å². The molecule has 0 amide bonds. The van der Waals surface area contributed by atoms with Crippen molar-refractivity contribution in [3.05, 3.63) is 83.9 Å². The fourth-order valence-corrected chi connectivity index (χ4v) is 3.07. The minimum absolute atomic E-state index is 0.143. The molecule has 0 bridgehead atoms. The van der Waals surface area contributed by atoms with Crippen LogP contribution in [0.25, 0.3) is 0 Å². The van der Waals surface area contributed by atoms with Crippen molar-refractivity contribution >= 4 is 11.9 Å². The number of aromatic nitrogens is 3. The summed E-state index contributed by atoms with van der Waals surface area (Å²) < 4.78 is 17.6. The van der Waals surface area contributed by atoms with Gasteiger partial charge in [0.1, 0.15) is 12.4 Å². The van der Waals surface area contributed by atoms with Gasteiger partial charge in [0.05, 0.1) is 11.1 Å². The van der Waals surface area contributed by atoms with E-state index in [1.165, 1.54) is 6.33 Å². The van der Waals surface area contributed by atoms with Gasteiger partial charge in [0.25, 0.3) is 5.82 Å². The molecular weight excluding hydrogens is 404 g/mol. The molecule has 0 aliphatic carbocycles. The van der Waals surface area contributed by atoms with E-state index in [-0.39, 0.29) is 17.0 Å². The van der Waals surface area contributed by atoms with Gasteiger partial charge in [0, 0.05) is 0 Å². The molecule has 4 rings (SSSR count). The van der Waals surface area contributed by atoms with E-state index in [4.69, 9.17) is 19.5 Å². The Balaban J connectivity index is 1.62. The minimum atomic E-state index is -1.61. The molecule has 1 aliphatic heterocycles. The molecule has 0 radical (unpaired) electrons. The highest BCUT2D eigenvalue weighted by Gasteiger charge is 2.51. The van der Waals surface area contributed by atoms with Gasteiger partial charge in [-0.2, -0.15) is 5.26 Å². The monoisotopic (exact) mass is 420 g/mol. The first-order chi connectivity index (χ1) is 15.1. The van der Waals surface area contributed by atoms with Crippen LogP contribution < -0.4 is 0 Å². The summed E-state index contributed by atoms with van der Waals surface area (Å²) in [4.78, 5) is 29.0. The van der Waals surface area contributed by atoms with Crippen LogP contribution in [0, 0.1) is 11.3 Å². The standard InChI is InChI=1S/C21H16N4O6/c22-11-15-23-12-25(24-15)18-16(29-19(26)13-7-3-1-4-8-13)17(21(28)31-18)30-20(27)14-9-5-2-6-10-14/h1-10,12,16-18,21,28H/t16-,17+,18-,21+/m1/s1.